The van der Waals surface area contributed by atoms with E-state index in [1.165, 1.54) is 12.3 Å². The van der Waals surface area contributed by atoms with E-state index >= 15 is 0 Å². The van der Waals surface area contributed by atoms with Gasteiger partial charge in [-0.1, -0.05) is 0 Å². The maximum atomic E-state index is 13.3. The summed E-state index contributed by atoms with van der Waals surface area (Å²) in [6.07, 6.45) is 1.24. The standard InChI is InChI=1S/C10H14FN3O3S/c11-9-2-1-3-13-10(9)18(15,16)14-6-8-7-17-5-4-12-8/h1-3,8,12,14H,4-7H2. The second-order valence-electron chi connectivity index (χ2n) is 3.87. The fraction of sp³-hybridized carbons (Fsp3) is 0.500. The number of nitrogens with one attached hydrogen (secondary N) is 2. The van der Waals surface area contributed by atoms with Crippen LogP contribution in [0, 0.1) is 5.82 Å². The van der Waals surface area contributed by atoms with Crippen molar-refractivity contribution in [3.63, 3.8) is 0 Å². The third kappa shape index (κ3) is 3.22. The van der Waals surface area contributed by atoms with E-state index in [9.17, 15) is 12.8 Å². The molecule has 1 fully saturated rings. The first-order valence-corrected chi connectivity index (χ1v) is 6.99. The number of halogens is 1. The van der Waals surface area contributed by atoms with E-state index in [4.69, 9.17) is 4.74 Å². The van der Waals surface area contributed by atoms with Crippen LogP contribution in [0.5, 0.6) is 0 Å². The second-order valence-corrected chi connectivity index (χ2v) is 5.55. The lowest BCUT2D eigenvalue weighted by Crippen LogP contribution is -2.48. The molecule has 1 aliphatic rings. The van der Waals surface area contributed by atoms with Crippen LogP contribution in [0.15, 0.2) is 23.4 Å². The largest absolute Gasteiger partial charge is 0.378 e. The first-order valence-electron chi connectivity index (χ1n) is 5.51. The molecule has 1 aromatic heterocycles. The number of sulfonamides is 1. The second kappa shape index (κ2) is 5.70. The van der Waals surface area contributed by atoms with Gasteiger partial charge in [0.2, 0.25) is 5.03 Å². The summed E-state index contributed by atoms with van der Waals surface area (Å²) in [6.45, 7) is 1.84. The van der Waals surface area contributed by atoms with E-state index < -0.39 is 20.9 Å². The zero-order valence-electron chi connectivity index (χ0n) is 9.60. The van der Waals surface area contributed by atoms with Crippen LogP contribution >= 0.6 is 0 Å². The summed E-state index contributed by atoms with van der Waals surface area (Å²) in [5, 5.41) is 2.51. The van der Waals surface area contributed by atoms with Crippen LogP contribution in [0.4, 0.5) is 4.39 Å². The molecule has 100 valence electrons. The Morgan fingerprint density at radius 2 is 2.44 bits per heavy atom. The van der Waals surface area contributed by atoms with Crippen LogP contribution < -0.4 is 10.0 Å². The van der Waals surface area contributed by atoms with E-state index in [1.54, 1.807) is 0 Å². The van der Waals surface area contributed by atoms with Gasteiger partial charge in [0.25, 0.3) is 10.0 Å². The Kier molecular flexibility index (Phi) is 4.23. The summed E-state index contributed by atoms with van der Waals surface area (Å²) in [5.74, 6) is -0.863. The molecule has 1 saturated heterocycles. The molecule has 0 spiro atoms. The first-order chi connectivity index (χ1) is 8.59. The number of hydrogen-bond acceptors (Lipinski definition) is 5. The zero-order chi connectivity index (χ0) is 13.0. The predicted octanol–water partition coefficient (Wildman–Crippen LogP) is -0.513. The highest BCUT2D eigenvalue weighted by Crippen LogP contribution is 2.09. The van der Waals surface area contributed by atoms with Gasteiger partial charge in [0.1, 0.15) is 0 Å². The fourth-order valence-electron chi connectivity index (χ4n) is 1.60. The van der Waals surface area contributed by atoms with Crippen LogP contribution in [0.2, 0.25) is 0 Å². The molecule has 1 aliphatic heterocycles. The van der Waals surface area contributed by atoms with Crippen molar-refractivity contribution < 1.29 is 17.5 Å². The van der Waals surface area contributed by atoms with Gasteiger partial charge in [-0.15, -0.1) is 0 Å². The first kappa shape index (κ1) is 13.3. The van der Waals surface area contributed by atoms with Gasteiger partial charge in [0.05, 0.1) is 13.2 Å². The van der Waals surface area contributed by atoms with Crippen molar-refractivity contribution in [1.29, 1.82) is 0 Å². The van der Waals surface area contributed by atoms with Crippen molar-refractivity contribution in [1.82, 2.24) is 15.0 Å². The van der Waals surface area contributed by atoms with Gasteiger partial charge in [-0.25, -0.2) is 22.5 Å². The quantitative estimate of drug-likeness (QED) is 0.773. The van der Waals surface area contributed by atoms with Crippen LogP contribution in [0.1, 0.15) is 0 Å². The summed E-state index contributed by atoms with van der Waals surface area (Å²) in [7, 11) is -3.92. The molecule has 0 aliphatic carbocycles. The summed E-state index contributed by atoms with van der Waals surface area (Å²) in [4.78, 5) is 3.54. The number of pyridine rings is 1. The molecule has 1 aromatic rings. The Balaban J connectivity index is 2.01. The predicted molar refractivity (Wildman–Crippen MR) is 62.0 cm³/mol. The highest BCUT2D eigenvalue weighted by atomic mass is 32.2. The molecule has 2 heterocycles. The van der Waals surface area contributed by atoms with Crippen molar-refractivity contribution in [2.45, 2.75) is 11.1 Å². The topological polar surface area (TPSA) is 80.3 Å². The molecule has 6 nitrogen and oxygen atoms in total. The molecule has 1 unspecified atom stereocenters. The Morgan fingerprint density at radius 1 is 1.61 bits per heavy atom. The van der Waals surface area contributed by atoms with Gasteiger partial charge in [-0.05, 0) is 12.1 Å². The third-order valence-electron chi connectivity index (χ3n) is 2.50. The Hall–Kier alpha value is -1.09. The number of morpholine rings is 1. The van der Waals surface area contributed by atoms with Gasteiger partial charge < -0.3 is 10.1 Å². The maximum absolute atomic E-state index is 13.3. The van der Waals surface area contributed by atoms with Crippen LogP contribution in [-0.2, 0) is 14.8 Å². The van der Waals surface area contributed by atoms with E-state index in [1.807, 2.05) is 0 Å². The van der Waals surface area contributed by atoms with Gasteiger partial charge in [-0.3, -0.25) is 0 Å². The highest BCUT2D eigenvalue weighted by Gasteiger charge is 2.22. The zero-order valence-corrected chi connectivity index (χ0v) is 10.4. The summed E-state index contributed by atoms with van der Waals surface area (Å²) in [6, 6.07) is 2.29. The highest BCUT2D eigenvalue weighted by molar-refractivity contribution is 7.89. The number of aromatic nitrogens is 1. The molecule has 2 N–H and O–H groups in total. The lowest BCUT2D eigenvalue weighted by atomic mass is 10.3. The summed E-state index contributed by atoms with van der Waals surface area (Å²) >= 11 is 0. The van der Waals surface area contributed by atoms with Crippen molar-refractivity contribution in [2.24, 2.45) is 0 Å². The Labute approximate surface area is 105 Å². The Morgan fingerprint density at radius 3 is 3.11 bits per heavy atom. The van der Waals surface area contributed by atoms with E-state index in [0.29, 0.717) is 19.8 Å². The van der Waals surface area contributed by atoms with Crippen molar-refractivity contribution in [3.05, 3.63) is 24.1 Å². The molecule has 1 atom stereocenters. The molecular weight excluding hydrogens is 261 g/mol. The average molecular weight is 275 g/mol. The van der Waals surface area contributed by atoms with Gasteiger partial charge in [0.15, 0.2) is 5.82 Å². The molecule has 0 amide bonds. The molecule has 0 saturated carbocycles. The number of hydrogen-bond donors (Lipinski definition) is 2. The molecule has 18 heavy (non-hydrogen) atoms. The molecule has 0 aromatic carbocycles. The summed E-state index contributed by atoms with van der Waals surface area (Å²) < 4.78 is 44.5. The van der Waals surface area contributed by atoms with Crippen LogP contribution in [0.25, 0.3) is 0 Å². The minimum absolute atomic E-state index is 0.111. The number of rotatable bonds is 4. The van der Waals surface area contributed by atoms with Crippen molar-refractivity contribution >= 4 is 10.0 Å². The van der Waals surface area contributed by atoms with E-state index in [-0.39, 0.29) is 12.6 Å². The molecule has 8 heteroatoms. The molecule has 0 radical (unpaired) electrons. The third-order valence-corrected chi connectivity index (χ3v) is 3.85. The monoisotopic (exact) mass is 275 g/mol. The maximum Gasteiger partial charge on any atom is 0.261 e. The smallest absolute Gasteiger partial charge is 0.261 e. The molecule has 0 bridgehead atoms. The number of nitrogens with zero attached hydrogens (tertiary/aromatic N) is 1. The number of ether oxygens (including phenoxy) is 1. The average Bonchev–Trinajstić information content (AvgIpc) is 2.38. The van der Waals surface area contributed by atoms with E-state index in [0.717, 1.165) is 6.07 Å². The minimum Gasteiger partial charge on any atom is -0.378 e. The molecule has 2 rings (SSSR count). The van der Waals surface area contributed by atoms with Gasteiger partial charge >= 0.3 is 0 Å². The minimum atomic E-state index is -3.92. The van der Waals surface area contributed by atoms with Gasteiger partial charge in [-0.2, -0.15) is 0 Å². The van der Waals surface area contributed by atoms with E-state index in [2.05, 4.69) is 15.0 Å². The Bertz CT molecular complexity index is 503. The fourth-order valence-corrected chi connectivity index (χ4v) is 2.68. The van der Waals surface area contributed by atoms with Crippen LogP contribution in [0.3, 0.4) is 0 Å². The molecular formula is C10H14FN3O3S. The van der Waals surface area contributed by atoms with Crippen LogP contribution in [-0.4, -0.2) is 45.7 Å². The van der Waals surface area contributed by atoms with Crippen molar-refractivity contribution in [2.75, 3.05) is 26.3 Å². The van der Waals surface area contributed by atoms with Crippen molar-refractivity contribution in [3.8, 4) is 0 Å². The normalized spacial score (nSPS) is 20.8. The summed E-state index contributed by atoms with van der Waals surface area (Å²) in [5.41, 5.74) is 0. The lowest BCUT2D eigenvalue weighted by Gasteiger charge is -2.23. The lowest BCUT2D eigenvalue weighted by molar-refractivity contribution is 0.0784. The SMILES string of the molecule is O=S(=O)(NCC1COCCN1)c1ncccc1F. The van der Waals surface area contributed by atoms with Gasteiger partial charge in [0, 0.05) is 25.3 Å².